The zero-order valence-electron chi connectivity index (χ0n) is 16.2. The van der Waals surface area contributed by atoms with E-state index in [0.717, 1.165) is 44.2 Å². The van der Waals surface area contributed by atoms with Crippen molar-refractivity contribution in [1.82, 2.24) is 14.8 Å². The van der Waals surface area contributed by atoms with Gasteiger partial charge in [-0.15, -0.1) is 0 Å². The summed E-state index contributed by atoms with van der Waals surface area (Å²) in [6, 6.07) is 8.06. The van der Waals surface area contributed by atoms with Gasteiger partial charge in [0, 0.05) is 38.1 Å². The Labute approximate surface area is 156 Å². The van der Waals surface area contributed by atoms with Gasteiger partial charge in [-0.1, -0.05) is 24.6 Å². The maximum absolute atomic E-state index is 12.7. The van der Waals surface area contributed by atoms with Gasteiger partial charge in [-0.05, 0) is 50.6 Å². The molecule has 1 aliphatic rings. The van der Waals surface area contributed by atoms with E-state index < -0.39 is 0 Å². The van der Waals surface area contributed by atoms with Crippen LogP contribution in [-0.2, 0) is 0 Å². The Kier molecular flexibility index (Phi) is 5.57. The number of hydrogen-bond donors (Lipinski definition) is 1. The number of likely N-dealkylation sites (N-methyl/N-ethyl adjacent to an activating group) is 1. The summed E-state index contributed by atoms with van der Waals surface area (Å²) in [7, 11) is 0. The lowest BCUT2D eigenvalue weighted by Gasteiger charge is -2.34. The van der Waals surface area contributed by atoms with E-state index in [2.05, 4.69) is 55.0 Å². The lowest BCUT2D eigenvalue weighted by molar-refractivity contribution is 0.0643. The Bertz CT molecular complexity index is 754. The van der Waals surface area contributed by atoms with Gasteiger partial charge in [0.05, 0.1) is 5.56 Å². The van der Waals surface area contributed by atoms with Crippen LogP contribution in [0.2, 0.25) is 0 Å². The van der Waals surface area contributed by atoms with Crippen LogP contribution in [0.1, 0.15) is 34.0 Å². The van der Waals surface area contributed by atoms with E-state index in [4.69, 9.17) is 0 Å². The number of anilines is 2. The Morgan fingerprint density at radius 1 is 1.08 bits per heavy atom. The van der Waals surface area contributed by atoms with Crippen molar-refractivity contribution >= 4 is 17.4 Å². The van der Waals surface area contributed by atoms with E-state index in [-0.39, 0.29) is 5.91 Å². The highest BCUT2D eigenvalue weighted by molar-refractivity contribution is 5.94. The van der Waals surface area contributed by atoms with Gasteiger partial charge in [0.25, 0.3) is 5.91 Å². The molecule has 0 atom stereocenters. The smallest absolute Gasteiger partial charge is 0.255 e. The minimum absolute atomic E-state index is 0.0718. The lowest BCUT2D eigenvalue weighted by atomic mass is 10.1. The first-order valence-corrected chi connectivity index (χ1v) is 9.30. The Hall–Kier alpha value is -2.40. The number of rotatable bonds is 4. The molecule has 0 saturated carbocycles. The third kappa shape index (κ3) is 4.05. The highest BCUT2D eigenvalue weighted by Crippen LogP contribution is 2.25. The van der Waals surface area contributed by atoms with E-state index in [1.165, 1.54) is 16.7 Å². The quantitative estimate of drug-likeness (QED) is 0.914. The molecule has 1 aliphatic heterocycles. The number of amides is 1. The van der Waals surface area contributed by atoms with Crippen LogP contribution in [0.25, 0.3) is 0 Å². The fraction of sp³-hybridized carbons (Fsp3) is 0.429. The molecular weight excluding hydrogens is 324 g/mol. The molecule has 1 N–H and O–H groups in total. The fourth-order valence-corrected chi connectivity index (χ4v) is 3.55. The SMILES string of the molecule is CCN1CCN(C(=O)c2ccc(Nc3c(C)cc(C)cc3C)nc2)CC1. The summed E-state index contributed by atoms with van der Waals surface area (Å²) in [5, 5.41) is 3.38. The highest BCUT2D eigenvalue weighted by Gasteiger charge is 2.21. The third-order valence-electron chi connectivity index (χ3n) is 5.05. The van der Waals surface area contributed by atoms with Crippen molar-refractivity contribution in [1.29, 1.82) is 0 Å². The molecule has 1 fully saturated rings. The Balaban J connectivity index is 1.68. The number of carbonyl (C=O) groups is 1. The Morgan fingerprint density at radius 2 is 1.73 bits per heavy atom. The van der Waals surface area contributed by atoms with Crippen molar-refractivity contribution in [2.75, 3.05) is 38.0 Å². The second-order valence-corrected chi connectivity index (χ2v) is 7.06. The summed E-state index contributed by atoms with van der Waals surface area (Å²) in [4.78, 5) is 21.4. The number of benzene rings is 1. The molecule has 3 rings (SSSR count). The summed E-state index contributed by atoms with van der Waals surface area (Å²) >= 11 is 0. The standard InChI is InChI=1S/C21H28N4O/c1-5-24-8-10-25(11-9-24)21(26)18-6-7-19(22-14-18)23-20-16(3)12-15(2)13-17(20)4/h6-7,12-14H,5,8-11H2,1-4H3,(H,22,23). The molecule has 0 aliphatic carbocycles. The second-order valence-electron chi connectivity index (χ2n) is 7.06. The van der Waals surface area contributed by atoms with Gasteiger partial charge < -0.3 is 15.1 Å². The molecule has 0 spiro atoms. The molecule has 2 aromatic rings. The molecule has 2 heterocycles. The third-order valence-corrected chi connectivity index (χ3v) is 5.05. The van der Waals surface area contributed by atoms with Crippen molar-refractivity contribution in [3.8, 4) is 0 Å². The van der Waals surface area contributed by atoms with Gasteiger partial charge in [-0.25, -0.2) is 4.98 Å². The lowest BCUT2D eigenvalue weighted by Crippen LogP contribution is -2.48. The number of pyridine rings is 1. The average Bonchev–Trinajstić information content (AvgIpc) is 2.64. The number of piperazine rings is 1. The molecule has 138 valence electrons. The van der Waals surface area contributed by atoms with Crippen molar-refractivity contribution in [2.45, 2.75) is 27.7 Å². The van der Waals surface area contributed by atoms with E-state index >= 15 is 0 Å². The summed E-state index contributed by atoms with van der Waals surface area (Å²) in [6.45, 7) is 13.0. The van der Waals surface area contributed by atoms with Gasteiger partial charge in [0.2, 0.25) is 0 Å². The van der Waals surface area contributed by atoms with Gasteiger partial charge in [-0.3, -0.25) is 4.79 Å². The molecule has 26 heavy (non-hydrogen) atoms. The summed E-state index contributed by atoms with van der Waals surface area (Å²) < 4.78 is 0. The number of aromatic nitrogens is 1. The van der Waals surface area contributed by atoms with Crippen LogP contribution in [0.15, 0.2) is 30.5 Å². The predicted molar refractivity (Wildman–Crippen MR) is 106 cm³/mol. The maximum atomic E-state index is 12.7. The van der Waals surface area contributed by atoms with Crippen LogP contribution >= 0.6 is 0 Å². The first-order chi connectivity index (χ1) is 12.5. The topological polar surface area (TPSA) is 48.5 Å². The molecule has 1 aromatic carbocycles. The van der Waals surface area contributed by atoms with Crippen molar-refractivity contribution in [3.63, 3.8) is 0 Å². The van der Waals surface area contributed by atoms with Crippen LogP contribution in [0.4, 0.5) is 11.5 Å². The number of hydrogen-bond acceptors (Lipinski definition) is 4. The van der Waals surface area contributed by atoms with Crippen molar-refractivity contribution in [2.24, 2.45) is 0 Å². The van der Waals surface area contributed by atoms with Crippen LogP contribution in [0.3, 0.4) is 0 Å². The number of aryl methyl sites for hydroxylation is 3. The van der Waals surface area contributed by atoms with E-state index in [1.807, 2.05) is 17.0 Å². The van der Waals surface area contributed by atoms with Crippen LogP contribution in [0, 0.1) is 20.8 Å². The second kappa shape index (κ2) is 7.87. The molecule has 0 unspecified atom stereocenters. The van der Waals surface area contributed by atoms with Crippen LogP contribution < -0.4 is 5.32 Å². The largest absolute Gasteiger partial charge is 0.340 e. The molecule has 0 bridgehead atoms. The van der Waals surface area contributed by atoms with Crippen molar-refractivity contribution < 1.29 is 4.79 Å². The summed E-state index contributed by atoms with van der Waals surface area (Å²) in [5.74, 6) is 0.829. The van der Waals surface area contributed by atoms with Crippen LogP contribution in [0.5, 0.6) is 0 Å². The molecule has 1 aromatic heterocycles. The molecule has 5 nitrogen and oxygen atoms in total. The highest BCUT2D eigenvalue weighted by atomic mass is 16.2. The summed E-state index contributed by atoms with van der Waals surface area (Å²) in [6.07, 6.45) is 1.68. The maximum Gasteiger partial charge on any atom is 0.255 e. The molecular formula is C21H28N4O. The molecule has 1 amide bonds. The predicted octanol–water partition coefficient (Wildman–Crippen LogP) is 3.53. The summed E-state index contributed by atoms with van der Waals surface area (Å²) in [5.41, 5.74) is 5.37. The van der Waals surface area contributed by atoms with E-state index in [9.17, 15) is 4.79 Å². The van der Waals surface area contributed by atoms with Gasteiger partial charge in [0.1, 0.15) is 5.82 Å². The van der Waals surface area contributed by atoms with Crippen molar-refractivity contribution in [3.05, 3.63) is 52.7 Å². The number of nitrogens with one attached hydrogen (secondary N) is 1. The Morgan fingerprint density at radius 3 is 2.27 bits per heavy atom. The fourth-order valence-electron chi connectivity index (χ4n) is 3.55. The number of carbonyl (C=O) groups excluding carboxylic acids is 1. The van der Waals surface area contributed by atoms with Gasteiger partial charge >= 0.3 is 0 Å². The van der Waals surface area contributed by atoms with E-state index in [1.54, 1.807) is 6.20 Å². The first kappa shape index (κ1) is 18.4. The van der Waals surface area contributed by atoms with Gasteiger partial charge in [-0.2, -0.15) is 0 Å². The molecule has 5 heteroatoms. The zero-order valence-corrected chi connectivity index (χ0v) is 16.2. The molecule has 0 radical (unpaired) electrons. The zero-order chi connectivity index (χ0) is 18.7. The normalized spacial score (nSPS) is 15.2. The van der Waals surface area contributed by atoms with Gasteiger partial charge in [0.15, 0.2) is 0 Å². The van der Waals surface area contributed by atoms with E-state index in [0.29, 0.717) is 5.56 Å². The minimum Gasteiger partial charge on any atom is -0.340 e. The monoisotopic (exact) mass is 352 g/mol. The average molecular weight is 352 g/mol. The molecule has 1 saturated heterocycles. The number of nitrogens with zero attached hydrogens (tertiary/aromatic N) is 3. The van der Waals surface area contributed by atoms with Crippen LogP contribution in [-0.4, -0.2) is 53.4 Å². The first-order valence-electron chi connectivity index (χ1n) is 9.30. The minimum atomic E-state index is 0.0718.